The Labute approximate surface area is 112 Å². The first kappa shape index (κ1) is 13.2. The Morgan fingerprint density at radius 3 is 2.24 bits per heavy atom. The van der Waals surface area contributed by atoms with Gasteiger partial charge < -0.3 is 5.32 Å². The molecule has 0 saturated carbocycles. The number of thioether (sulfide) groups is 1. The fourth-order valence-electron chi connectivity index (χ4n) is 2.81. The number of hydrogen-bond acceptors (Lipinski definition) is 2. The minimum atomic E-state index is -0.144. The maximum Gasteiger partial charge on any atom is 0.123 e. The van der Waals surface area contributed by atoms with E-state index in [9.17, 15) is 4.39 Å². The van der Waals surface area contributed by atoms with E-state index in [1.807, 2.05) is 23.9 Å². The minimum absolute atomic E-state index is 0. The van der Waals surface area contributed by atoms with E-state index < -0.39 is 0 Å². The van der Waals surface area contributed by atoms with Crippen LogP contribution >= 0.6 is 24.2 Å². The lowest BCUT2D eigenvalue weighted by Crippen LogP contribution is -2.39. The summed E-state index contributed by atoms with van der Waals surface area (Å²) in [5.41, 5.74) is 0. The Morgan fingerprint density at radius 1 is 1.06 bits per heavy atom. The van der Waals surface area contributed by atoms with Crippen LogP contribution in [0.15, 0.2) is 29.2 Å². The van der Waals surface area contributed by atoms with Gasteiger partial charge in [0.25, 0.3) is 0 Å². The number of rotatable bonds is 2. The number of benzene rings is 1. The van der Waals surface area contributed by atoms with Gasteiger partial charge in [-0.25, -0.2) is 4.39 Å². The number of fused-ring (bicyclic) bond motifs is 2. The molecule has 1 nitrogen and oxygen atoms in total. The van der Waals surface area contributed by atoms with Crippen LogP contribution in [0.4, 0.5) is 4.39 Å². The first-order valence-electron chi connectivity index (χ1n) is 5.98. The standard InChI is InChI=1S/C13H16FNS.ClH/c14-9-1-5-12(6-2-9)16-13-7-10-3-4-11(8-13)15-10;/h1-2,5-6,10-11,13,15H,3-4,7-8H2;1H. The third-order valence-corrected chi connectivity index (χ3v) is 4.81. The molecule has 3 rings (SSSR count). The molecule has 1 aromatic rings. The molecule has 2 heterocycles. The van der Waals surface area contributed by atoms with Gasteiger partial charge in [0.2, 0.25) is 0 Å². The molecule has 2 atom stereocenters. The van der Waals surface area contributed by atoms with Crippen LogP contribution in [0.5, 0.6) is 0 Å². The summed E-state index contributed by atoms with van der Waals surface area (Å²) in [5.74, 6) is -0.144. The predicted molar refractivity (Wildman–Crippen MR) is 72.5 cm³/mol. The molecule has 4 heteroatoms. The molecule has 0 aliphatic carbocycles. The summed E-state index contributed by atoms with van der Waals surface area (Å²) in [6, 6.07) is 8.36. The molecule has 0 aromatic heterocycles. The fraction of sp³-hybridized carbons (Fsp3) is 0.538. The van der Waals surface area contributed by atoms with Crippen LogP contribution in [0.3, 0.4) is 0 Å². The van der Waals surface area contributed by atoms with Crippen molar-refractivity contribution in [3.05, 3.63) is 30.1 Å². The largest absolute Gasteiger partial charge is 0.311 e. The van der Waals surface area contributed by atoms with Gasteiger partial charge in [-0.1, -0.05) is 0 Å². The van der Waals surface area contributed by atoms with Crippen LogP contribution < -0.4 is 5.32 Å². The lowest BCUT2D eigenvalue weighted by atomic mass is 10.1. The van der Waals surface area contributed by atoms with Gasteiger partial charge in [-0.3, -0.25) is 0 Å². The summed E-state index contributed by atoms with van der Waals surface area (Å²) in [4.78, 5) is 1.20. The van der Waals surface area contributed by atoms with Gasteiger partial charge in [0.05, 0.1) is 0 Å². The summed E-state index contributed by atoms with van der Waals surface area (Å²) >= 11 is 1.91. The molecule has 2 aliphatic heterocycles. The van der Waals surface area contributed by atoms with Crippen LogP contribution in [0, 0.1) is 5.82 Å². The Balaban J connectivity index is 0.00000108. The van der Waals surface area contributed by atoms with E-state index in [1.165, 1.54) is 30.6 Å². The highest BCUT2D eigenvalue weighted by Gasteiger charge is 2.33. The van der Waals surface area contributed by atoms with E-state index in [2.05, 4.69) is 5.32 Å². The molecule has 0 radical (unpaired) electrons. The third kappa shape index (κ3) is 3.15. The van der Waals surface area contributed by atoms with E-state index >= 15 is 0 Å². The number of halogens is 2. The second kappa shape index (κ2) is 5.59. The van der Waals surface area contributed by atoms with Gasteiger partial charge in [0.1, 0.15) is 5.82 Å². The van der Waals surface area contributed by atoms with E-state index in [0.29, 0.717) is 5.25 Å². The van der Waals surface area contributed by atoms with Gasteiger partial charge in [-0.2, -0.15) is 0 Å². The second-order valence-corrected chi connectivity index (χ2v) is 6.18. The summed E-state index contributed by atoms with van der Waals surface area (Å²) in [6.45, 7) is 0. The van der Waals surface area contributed by atoms with Crippen molar-refractivity contribution < 1.29 is 4.39 Å². The van der Waals surface area contributed by atoms with Crippen LogP contribution in [-0.4, -0.2) is 17.3 Å². The molecule has 2 bridgehead atoms. The van der Waals surface area contributed by atoms with Crippen molar-refractivity contribution in [2.24, 2.45) is 0 Å². The summed E-state index contributed by atoms with van der Waals surface area (Å²) < 4.78 is 12.8. The molecule has 2 unspecified atom stereocenters. The summed E-state index contributed by atoms with van der Waals surface area (Å²) in [5, 5.41) is 4.35. The Morgan fingerprint density at radius 2 is 1.65 bits per heavy atom. The molecule has 1 N–H and O–H groups in total. The zero-order valence-corrected chi connectivity index (χ0v) is 11.2. The van der Waals surface area contributed by atoms with Crippen LogP contribution in [0.2, 0.25) is 0 Å². The van der Waals surface area contributed by atoms with Crippen molar-refractivity contribution in [3.63, 3.8) is 0 Å². The number of nitrogens with one attached hydrogen (secondary N) is 1. The molecule has 94 valence electrons. The van der Waals surface area contributed by atoms with Crippen LogP contribution in [0.1, 0.15) is 25.7 Å². The van der Waals surface area contributed by atoms with Crippen LogP contribution in [0.25, 0.3) is 0 Å². The first-order chi connectivity index (χ1) is 7.79. The van der Waals surface area contributed by atoms with Gasteiger partial charge in [-0.05, 0) is 49.9 Å². The van der Waals surface area contributed by atoms with E-state index in [0.717, 1.165) is 12.1 Å². The monoisotopic (exact) mass is 273 g/mol. The predicted octanol–water partition coefficient (Wildman–Crippen LogP) is 3.62. The smallest absolute Gasteiger partial charge is 0.123 e. The van der Waals surface area contributed by atoms with Gasteiger partial charge in [-0.15, -0.1) is 24.2 Å². The van der Waals surface area contributed by atoms with E-state index in [1.54, 1.807) is 12.1 Å². The third-order valence-electron chi connectivity index (χ3n) is 3.55. The topological polar surface area (TPSA) is 12.0 Å². The molecule has 2 fully saturated rings. The Kier molecular flexibility index (Phi) is 4.34. The van der Waals surface area contributed by atoms with Gasteiger partial charge >= 0.3 is 0 Å². The second-order valence-electron chi connectivity index (χ2n) is 4.80. The molecular weight excluding hydrogens is 257 g/mol. The van der Waals surface area contributed by atoms with Crippen molar-refractivity contribution in [3.8, 4) is 0 Å². The average Bonchev–Trinajstić information content (AvgIpc) is 2.62. The average molecular weight is 274 g/mol. The first-order valence-corrected chi connectivity index (χ1v) is 6.86. The van der Waals surface area contributed by atoms with E-state index in [4.69, 9.17) is 0 Å². The normalized spacial score (nSPS) is 31.0. The molecule has 17 heavy (non-hydrogen) atoms. The maximum atomic E-state index is 12.8. The van der Waals surface area contributed by atoms with Crippen molar-refractivity contribution in [1.29, 1.82) is 0 Å². The van der Waals surface area contributed by atoms with Crippen LogP contribution in [-0.2, 0) is 0 Å². The zero-order valence-electron chi connectivity index (χ0n) is 9.56. The van der Waals surface area contributed by atoms with Crippen molar-refractivity contribution in [2.45, 2.75) is 47.9 Å². The number of piperidine rings is 1. The minimum Gasteiger partial charge on any atom is -0.311 e. The zero-order chi connectivity index (χ0) is 11.0. The lowest BCUT2D eigenvalue weighted by molar-refractivity contribution is 0.415. The Hall–Kier alpha value is -0.250. The van der Waals surface area contributed by atoms with Crippen molar-refractivity contribution in [1.82, 2.24) is 5.32 Å². The highest BCUT2D eigenvalue weighted by molar-refractivity contribution is 8.00. The molecule has 0 spiro atoms. The molecule has 1 aromatic carbocycles. The van der Waals surface area contributed by atoms with Crippen molar-refractivity contribution >= 4 is 24.2 Å². The van der Waals surface area contributed by atoms with Gasteiger partial charge in [0, 0.05) is 22.2 Å². The molecular formula is C13H17ClFNS. The summed E-state index contributed by atoms with van der Waals surface area (Å²) in [6.07, 6.45) is 5.20. The highest BCUT2D eigenvalue weighted by atomic mass is 35.5. The number of hydrogen-bond donors (Lipinski definition) is 1. The maximum absolute atomic E-state index is 12.8. The SMILES string of the molecule is Cl.Fc1ccc(SC2CC3CCC(C2)N3)cc1. The van der Waals surface area contributed by atoms with E-state index in [-0.39, 0.29) is 18.2 Å². The molecule has 0 amide bonds. The highest BCUT2D eigenvalue weighted by Crippen LogP contribution is 2.36. The fourth-order valence-corrected chi connectivity index (χ4v) is 4.14. The van der Waals surface area contributed by atoms with Crippen molar-refractivity contribution in [2.75, 3.05) is 0 Å². The Bertz CT molecular complexity index is 358. The van der Waals surface area contributed by atoms with Gasteiger partial charge in [0.15, 0.2) is 0 Å². The molecule has 2 aliphatic rings. The lowest BCUT2D eigenvalue weighted by Gasteiger charge is -2.28. The summed E-state index contributed by atoms with van der Waals surface area (Å²) in [7, 11) is 0. The molecule has 2 saturated heterocycles. The quantitative estimate of drug-likeness (QED) is 0.883.